The van der Waals surface area contributed by atoms with Crippen LogP contribution in [0.4, 0.5) is 11.4 Å². The van der Waals surface area contributed by atoms with Crippen molar-refractivity contribution in [1.29, 1.82) is 0 Å². The van der Waals surface area contributed by atoms with Crippen LogP contribution in [0.1, 0.15) is 10.4 Å². The first-order valence-electron chi connectivity index (χ1n) is 5.65. The molecule has 0 aromatic heterocycles. The summed E-state index contributed by atoms with van der Waals surface area (Å²) < 4.78 is 0. The SMILES string of the molecule is NC(=Nc1ccccc1C(=O)O)Nc1ccccc1. The Morgan fingerprint density at radius 1 is 1.05 bits per heavy atom. The number of hydrogen-bond acceptors (Lipinski definition) is 2. The average molecular weight is 255 g/mol. The van der Waals surface area contributed by atoms with Gasteiger partial charge in [-0.25, -0.2) is 9.79 Å². The summed E-state index contributed by atoms with van der Waals surface area (Å²) in [5, 5.41) is 11.9. The number of rotatable bonds is 3. The second-order valence-corrected chi connectivity index (χ2v) is 3.81. The molecule has 0 unspecified atom stereocenters. The van der Waals surface area contributed by atoms with Crippen LogP contribution < -0.4 is 11.1 Å². The first-order chi connectivity index (χ1) is 9.16. The lowest BCUT2D eigenvalue weighted by Gasteiger charge is -2.06. The third-order valence-corrected chi connectivity index (χ3v) is 2.42. The molecule has 0 amide bonds. The first-order valence-corrected chi connectivity index (χ1v) is 5.65. The number of benzene rings is 2. The monoisotopic (exact) mass is 255 g/mol. The zero-order chi connectivity index (χ0) is 13.7. The van der Waals surface area contributed by atoms with Crippen molar-refractivity contribution in [2.45, 2.75) is 0 Å². The van der Waals surface area contributed by atoms with Crippen LogP contribution in [0.25, 0.3) is 0 Å². The van der Waals surface area contributed by atoms with Crippen molar-refractivity contribution in [2.24, 2.45) is 10.7 Å². The summed E-state index contributed by atoms with van der Waals surface area (Å²) in [6, 6.07) is 15.7. The Morgan fingerprint density at radius 2 is 1.68 bits per heavy atom. The molecular weight excluding hydrogens is 242 g/mol. The van der Waals surface area contributed by atoms with Crippen molar-refractivity contribution in [3.8, 4) is 0 Å². The van der Waals surface area contributed by atoms with Crippen molar-refractivity contribution in [2.75, 3.05) is 5.32 Å². The number of carbonyl (C=O) groups is 1. The Bertz CT molecular complexity index is 609. The summed E-state index contributed by atoms with van der Waals surface area (Å²) in [5.41, 5.74) is 6.97. The van der Waals surface area contributed by atoms with E-state index in [2.05, 4.69) is 10.3 Å². The molecule has 0 aliphatic carbocycles. The molecule has 0 saturated carbocycles. The van der Waals surface area contributed by atoms with E-state index in [1.807, 2.05) is 30.3 Å². The molecule has 0 heterocycles. The van der Waals surface area contributed by atoms with E-state index in [0.717, 1.165) is 5.69 Å². The molecule has 0 radical (unpaired) electrons. The molecule has 0 saturated heterocycles. The second kappa shape index (κ2) is 5.68. The molecule has 0 fully saturated rings. The van der Waals surface area contributed by atoms with Gasteiger partial charge in [0.1, 0.15) is 0 Å². The van der Waals surface area contributed by atoms with Crippen LogP contribution in [0.2, 0.25) is 0 Å². The Morgan fingerprint density at radius 3 is 2.37 bits per heavy atom. The highest BCUT2D eigenvalue weighted by atomic mass is 16.4. The Balaban J connectivity index is 2.24. The van der Waals surface area contributed by atoms with Gasteiger partial charge in [0.15, 0.2) is 5.96 Å². The van der Waals surface area contributed by atoms with E-state index in [9.17, 15) is 4.79 Å². The number of nitrogens with two attached hydrogens (primary N) is 1. The zero-order valence-corrected chi connectivity index (χ0v) is 10.1. The number of hydrogen-bond donors (Lipinski definition) is 3. The van der Waals surface area contributed by atoms with Crippen molar-refractivity contribution >= 4 is 23.3 Å². The molecule has 4 N–H and O–H groups in total. The maximum absolute atomic E-state index is 11.0. The van der Waals surface area contributed by atoms with Gasteiger partial charge in [-0.2, -0.15) is 0 Å². The van der Waals surface area contributed by atoms with Gasteiger partial charge in [-0.1, -0.05) is 30.3 Å². The molecule has 0 aliphatic heterocycles. The van der Waals surface area contributed by atoms with Crippen molar-refractivity contribution < 1.29 is 9.90 Å². The maximum Gasteiger partial charge on any atom is 0.337 e. The van der Waals surface area contributed by atoms with Crippen molar-refractivity contribution in [3.05, 3.63) is 60.2 Å². The molecule has 2 rings (SSSR count). The highest BCUT2D eigenvalue weighted by Gasteiger charge is 2.08. The van der Waals surface area contributed by atoms with Crippen LogP contribution in [0.15, 0.2) is 59.6 Å². The number of aliphatic imine (C=N–C) groups is 1. The molecule has 0 atom stereocenters. The van der Waals surface area contributed by atoms with Gasteiger partial charge in [-0.3, -0.25) is 0 Å². The van der Waals surface area contributed by atoms with Gasteiger partial charge in [-0.15, -0.1) is 0 Å². The fraction of sp³-hybridized carbons (Fsp3) is 0. The van der Waals surface area contributed by atoms with Crippen LogP contribution >= 0.6 is 0 Å². The van der Waals surface area contributed by atoms with Crippen LogP contribution in [-0.4, -0.2) is 17.0 Å². The fourth-order valence-corrected chi connectivity index (χ4v) is 1.58. The minimum absolute atomic E-state index is 0.111. The molecular formula is C14H13N3O2. The number of guanidine groups is 1. The Hall–Kier alpha value is -2.82. The predicted molar refractivity (Wildman–Crippen MR) is 74.7 cm³/mol. The highest BCUT2D eigenvalue weighted by molar-refractivity contribution is 5.98. The fourth-order valence-electron chi connectivity index (χ4n) is 1.58. The summed E-state index contributed by atoms with van der Waals surface area (Å²) in [5.74, 6) is -0.897. The first kappa shape index (κ1) is 12.6. The summed E-state index contributed by atoms with van der Waals surface area (Å²) in [6.07, 6.45) is 0. The number of nitrogens with one attached hydrogen (secondary N) is 1. The average Bonchev–Trinajstić information content (AvgIpc) is 2.40. The van der Waals surface area contributed by atoms with E-state index in [-0.39, 0.29) is 11.5 Å². The van der Waals surface area contributed by atoms with Crippen LogP contribution in [0.5, 0.6) is 0 Å². The van der Waals surface area contributed by atoms with Gasteiger partial charge in [0.05, 0.1) is 11.3 Å². The molecule has 0 spiro atoms. The van der Waals surface area contributed by atoms with E-state index in [1.54, 1.807) is 18.2 Å². The number of aromatic carboxylic acids is 1. The Labute approximate surface area is 110 Å². The van der Waals surface area contributed by atoms with E-state index >= 15 is 0 Å². The lowest BCUT2D eigenvalue weighted by atomic mass is 10.2. The van der Waals surface area contributed by atoms with Gasteiger partial charge in [0.2, 0.25) is 0 Å². The van der Waals surface area contributed by atoms with Crippen LogP contribution in [-0.2, 0) is 0 Å². The van der Waals surface area contributed by atoms with Crippen molar-refractivity contribution in [3.63, 3.8) is 0 Å². The molecule has 5 nitrogen and oxygen atoms in total. The Kier molecular flexibility index (Phi) is 3.78. The summed E-state index contributed by atoms with van der Waals surface area (Å²) in [6.45, 7) is 0. The minimum atomic E-state index is -1.04. The third-order valence-electron chi connectivity index (χ3n) is 2.42. The van der Waals surface area contributed by atoms with Crippen LogP contribution in [0, 0.1) is 0 Å². The molecule has 5 heteroatoms. The molecule has 2 aromatic carbocycles. The summed E-state index contributed by atoms with van der Waals surface area (Å²) >= 11 is 0. The number of para-hydroxylation sites is 2. The largest absolute Gasteiger partial charge is 0.478 e. The molecule has 19 heavy (non-hydrogen) atoms. The van der Waals surface area contributed by atoms with Gasteiger partial charge in [0.25, 0.3) is 0 Å². The molecule has 0 bridgehead atoms. The lowest BCUT2D eigenvalue weighted by Crippen LogP contribution is -2.22. The van der Waals surface area contributed by atoms with Gasteiger partial charge < -0.3 is 16.2 Å². The normalized spacial score (nSPS) is 11.1. The van der Waals surface area contributed by atoms with Gasteiger partial charge in [-0.05, 0) is 24.3 Å². The third kappa shape index (κ3) is 3.32. The highest BCUT2D eigenvalue weighted by Crippen LogP contribution is 2.18. The summed E-state index contributed by atoms with van der Waals surface area (Å²) in [4.78, 5) is 15.1. The smallest absolute Gasteiger partial charge is 0.337 e. The maximum atomic E-state index is 11.0. The van der Waals surface area contributed by atoms with Crippen molar-refractivity contribution in [1.82, 2.24) is 0 Å². The zero-order valence-electron chi connectivity index (χ0n) is 10.1. The van der Waals surface area contributed by atoms with E-state index in [4.69, 9.17) is 10.8 Å². The molecule has 2 aromatic rings. The number of carboxylic acid groups (broad SMARTS) is 1. The van der Waals surface area contributed by atoms with Crippen LogP contribution in [0.3, 0.4) is 0 Å². The lowest BCUT2D eigenvalue weighted by molar-refractivity contribution is 0.0698. The number of carboxylic acids is 1. The second-order valence-electron chi connectivity index (χ2n) is 3.81. The van der Waals surface area contributed by atoms with Gasteiger partial charge >= 0.3 is 5.97 Å². The number of nitrogens with zero attached hydrogens (tertiary/aromatic N) is 1. The molecule has 96 valence electrons. The predicted octanol–water partition coefficient (Wildman–Crippen LogP) is 2.44. The van der Waals surface area contributed by atoms with E-state index in [1.165, 1.54) is 6.07 Å². The van der Waals surface area contributed by atoms with E-state index in [0.29, 0.717) is 5.69 Å². The topological polar surface area (TPSA) is 87.7 Å². The van der Waals surface area contributed by atoms with E-state index < -0.39 is 5.97 Å². The quantitative estimate of drug-likeness (QED) is 0.580. The van der Waals surface area contributed by atoms with Gasteiger partial charge in [0, 0.05) is 5.69 Å². The standard InChI is InChI=1S/C14H13N3O2/c15-14(16-10-6-2-1-3-7-10)17-12-9-5-4-8-11(12)13(18)19/h1-9H,(H,18,19)(H3,15,16,17). The summed E-state index contributed by atoms with van der Waals surface area (Å²) in [7, 11) is 0. The number of anilines is 1. The molecule has 0 aliphatic rings. The minimum Gasteiger partial charge on any atom is -0.478 e.